The highest BCUT2D eigenvalue weighted by Gasteiger charge is 2.01. The highest BCUT2D eigenvalue weighted by atomic mass is 15.5. The fraction of sp³-hybridized carbons (Fsp3) is 0.333. The number of aliphatic imine (C=N–C) groups is 2. The van der Waals surface area contributed by atoms with Crippen molar-refractivity contribution in [3.63, 3.8) is 0 Å². The van der Waals surface area contributed by atoms with Crippen molar-refractivity contribution in [2.24, 2.45) is 21.6 Å². The molecule has 0 aromatic rings. The van der Waals surface area contributed by atoms with Gasteiger partial charge in [-0.15, -0.1) is 0 Å². The Hall–Kier alpha value is -1.10. The third kappa shape index (κ3) is 0.760. The van der Waals surface area contributed by atoms with Crippen LogP contribution in [0.25, 0.3) is 0 Å². The Labute approximate surface area is 46.7 Å². The molecule has 0 atom stereocenters. The quantitative estimate of drug-likeness (QED) is 0.374. The van der Waals surface area contributed by atoms with Crippen molar-refractivity contribution in [1.29, 1.82) is 0 Å². The van der Waals surface area contributed by atoms with E-state index in [0.717, 1.165) is 0 Å². The molecule has 8 heavy (non-hydrogen) atoms. The fourth-order valence-corrected chi connectivity index (χ4v) is 0.371. The molecule has 0 radical (unpaired) electrons. The van der Waals surface area contributed by atoms with Gasteiger partial charge in [0.1, 0.15) is 13.0 Å². The molecule has 0 spiro atoms. The predicted molar refractivity (Wildman–Crippen MR) is 31.0 cm³/mol. The van der Waals surface area contributed by atoms with Gasteiger partial charge in [-0.05, 0) is 0 Å². The molecule has 1 aliphatic heterocycles. The first kappa shape index (κ1) is 5.04. The number of hydrogen-bond acceptors (Lipinski definition) is 5. The molecule has 1 rings (SSSR count). The molecule has 4 N–H and O–H groups in total. The lowest BCUT2D eigenvalue weighted by Gasteiger charge is -2.15. The van der Waals surface area contributed by atoms with E-state index in [1.165, 1.54) is 11.3 Å². The molecule has 0 amide bonds. The third-order valence-electron chi connectivity index (χ3n) is 0.800. The Kier molecular flexibility index (Phi) is 1.13. The standard InChI is InChI=1S/C3H7N5/c4-3-7-1-6-2-8(3)5/h1H,2,5H2,(H2,4,6,7). The minimum absolute atomic E-state index is 0.306. The van der Waals surface area contributed by atoms with Crippen LogP contribution >= 0.6 is 0 Å². The maximum atomic E-state index is 5.24. The summed E-state index contributed by atoms with van der Waals surface area (Å²) in [5, 5.41) is 1.26. The molecule has 0 aromatic carbocycles. The minimum atomic E-state index is 0.306. The second-order valence-electron chi connectivity index (χ2n) is 1.40. The summed E-state index contributed by atoms with van der Waals surface area (Å²) in [7, 11) is 0. The molecule has 1 aliphatic rings. The lowest BCUT2D eigenvalue weighted by molar-refractivity contribution is 0.446. The van der Waals surface area contributed by atoms with Gasteiger partial charge in [0.05, 0.1) is 0 Å². The van der Waals surface area contributed by atoms with Crippen LogP contribution in [0, 0.1) is 0 Å². The first-order valence-corrected chi connectivity index (χ1v) is 2.14. The zero-order valence-electron chi connectivity index (χ0n) is 4.28. The average molecular weight is 113 g/mol. The van der Waals surface area contributed by atoms with E-state index in [9.17, 15) is 0 Å². The molecule has 1 heterocycles. The van der Waals surface area contributed by atoms with Crippen LogP contribution in [0.4, 0.5) is 0 Å². The van der Waals surface area contributed by atoms with Gasteiger partial charge >= 0.3 is 0 Å². The Balaban J connectivity index is 2.66. The number of hydrazine groups is 1. The third-order valence-corrected chi connectivity index (χ3v) is 0.800. The number of nitrogens with zero attached hydrogens (tertiary/aromatic N) is 3. The molecular formula is C3H7N5. The summed E-state index contributed by atoms with van der Waals surface area (Å²) >= 11 is 0. The summed E-state index contributed by atoms with van der Waals surface area (Å²) in [6.07, 6.45) is 1.39. The molecule has 0 unspecified atom stereocenters. The minimum Gasteiger partial charge on any atom is -0.368 e. The molecule has 0 saturated carbocycles. The molecular weight excluding hydrogens is 106 g/mol. The van der Waals surface area contributed by atoms with E-state index >= 15 is 0 Å². The topological polar surface area (TPSA) is 80.0 Å². The maximum Gasteiger partial charge on any atom is 0.213 e. The molecule has 5 nitrogen and oxygen atoms in total. The number of hydrogen-bond donors (Lipinski definition) is 2. The molecule has 0 fully saturated rings. The smallest absolute Gasteiger partial charge is 0.213 e. The average Bonchev–Trinajstić information content (AvgIpc) is 1.77. The Bertz CT molecular complexity index is 137. The van der Waals surface area contributed by atoms with Crippen molar-refractivity contribution in [3.8, 4) is 0 Å². The Morgan fingerprint density at radius 1 is 1.75 bits per heavy atom. The van der Waals surface area contributed by atoms with Gasteiger partial charge in [0, 0.05) is 0 Å². The molecule has 0 aromatic heterocycles. The van der Waals surface area contributed by atoms with E-state index in [-0.39, 0.29) is 0 Å². The summed E-state index contributed by atoms with van der Waals surface area (Å²) < 4.78 is 0. The molecule has 0 bridgehead atoms. The highest BCUT2D eigenvalue weighted by Crippen LogP contribution is 1.83. The van der Waals surface area contributed by atoms with Crippen molar-refractivity contribution in [2.75, 3.05) is 6.67 Å². The van der Waals surface area contributed by atoms with Crippen LogP contribution in [-0.4, -0.2) is 24.0 Å². The van der Waals surface area contributed by atoms with Crippen molar-refractivity contribution < 1.29 is 0 Å². The van der Waals surface area contributed by atoms with Gasteiger partial charge in [0.25, 0.3) is 0 Å². The SMILES string of the molecule is NC1=NC=NCN1N. The fourth-order valence-electron chi connectivity index (χ4n) is 0.371. The van der Waals surface area contributed by atoms with Gasteiger partial charge in [-0.25, -0.2) is 10.8 Å². The summed E-state index contributed by atoms with van der Waals surface area (Å²) in [4.78, 5) is 7.33. The van der Waals surface area contributed by atoms with Crippen molar-refractivity contribution >= 4 is 12.3 Å². The number of nitrogens with two attached hydrogens (primary N) is 2. The second kappa shape index (κ2) is 1.79. The van der Waals surface area contributed by atoms with E-state index in [0.29, 0.717) is 12.6 Å². The largest absolute Gasteiger partial charge is 0.368 e. The predicted octanol–water partition coefficient (Wildman–Crippen LogP) is -1.52. The first-order chi connectivity index (χ1) is 3.80. The molecule has 5 heteroatoms. The molecule has 0 saturated heterocycles. The van der Waals surface area contributed by atoms with E-state index in [2.05, 4.69) is 9.98 Å². The lowest BCUT2D eigenvalue weighted by Crippen LogP contribution is -2.44. The normalized spacial score (nSPS) is 18.6. The summed E-state index contributed by atoms with van der Waals surface area (Å²) in [6, 6.07) is 0. The van der Waals surface area contributed by atoms with Crippen molar-refractivity contribution in [1.82, 2.24) is 5.01 Å². The van der Waals surface area contributed by atoms with Gasteiger partial charge in [-0.3, -0.25) is 10.0 Å². The summed E-state index contributed by atoms with van der Waals surface area (Å²) in [6.45, 7) is 0.398. The maximum absolute atomic E-state index is 5.24. The van der Waals surface area contributed by atoms with Crippen molar-refractivity contribution in [2.45, 2.75) is 0 Å². The van der Waals surface area contributed by atoms with E-state index in [1.807, 2.05) is 0 Å². The number of rotatable bonds is 0. The zero-order chi connectivity index (χ0) is 5.98. The summed E-state index contributed by atoms with van der Waals surface area (Å²) in [5.74, 6) is 5.55. The van der Waals surface area contributed by atoms with Gasteiger partial charge in [-0.1, -0.05) is 0 Å². The molecule has 0 aliphatic carbocycles. The van der Waals surface area contributed by atoms with E-state index < -0.39 is 0 Å². The van der Waals surface area contributed by atoms with Gasteiger partial charge in [0.2, 0.25) is 5.96 Å². The number of guanidine groups is 1. The van der Waals surface area contributed by atoms with Crippen LogP contribution in [0.15, 0.2) is 9.98 Å². The van der Waals surface area contributed by atoms with E-state index in [1.54, 1.807) is 0 Å². The van der Waals surface area contributed by atoms with Gasteiger partial charge in [0.15, 0.2) is 0 Å². The van der Waals surface area contributed by atoms with Gasteiger partial charge in [-0.2, -0.15) is 0 Å². The van der Waals surface area contributed by atoms with Crippen LogP contribution < -0.4 is 11.6 Å². The summed E-state index contributed by atoms with van der Waals surface area (Å²) in [5.41, 5.74) is 5.24. The Morgan fingerprint density at radius 2 is 2.50 bits per heavy atom. The van der Waals surface area contributed by atoms with Crippen LogP contribution in [0.5, 0.6) is 0 Å². The highest BCUT2D eigenvalue weighted by molar-refractivity contribution is 5.86. The lowest BCUT2D eigenvalue weighted by atomic mass is 10.8. The molecule has 44 valence electrons. The van der Waals surface area contributed by atoms with E-state index in [4.69, 9.17) is 11.6 Å². The van der Waals surface area contributed by atoms with Crippen LogP contribution in [0.2, 0.25) is 0 Å². The van der Waals surface area contributed by atoms with Crippen LogP contribution in [-0.2, 0) is 0 Å². The second-order valence-corrected chi connectivity index (χ2v) is 1.40. The Morgan fingerprint density at radius 3 is 2.88 bits per heavy atom. The zero-order valence-corrected chi connectivity index (χ0v) is 4.28. The van der Waals surface area contributed by atoms with Crippen LogP contribution in [0.1, 0.15) is 0 Å². The monoisotopic (exact) mass is 113 g/mol. The van der Waals surface area contributed by atoms with Crippen LogP contribution in [0.3, 0.4) is 0 Å². The van der Waals surface area contributed by atoms with Crippen molar-refractivity contribution in [3.05, 3.63) is 0 Å². The first-order valence-electron chi connectivity index (χ1n) is 2.14. The van der Waals surface area contributed by atoms with Gasteiger partial charge < -0.3 is 5.73 Å².